The standard InChI is InChI=1S/C20H31N3O3S/c1-3-27(25,26)23-14-11-17(12-15-23)20(24)21(2)19-10-7-13-22(16-19)18-8-5-4-6-9-18/h4-6,8-9,17,19H,3,7,10-16H2,1-2H3. The second-order valence-electron chi connectivity index (χ2n) is 7.60. The molecule has 0 aliphatic carbocycles. The first kappa shape index (κ1) is 20.1. The third kappa shape index (κ3) is 4.63. The minimum atomic E-state index is -3.15. The Hall–Kier alpha value is -1.60. The Balaban J connectivity index is 1.57. The van der Waals surface area contributed by atoms with E-state index in [0.717, 1.165) is 25.9 Å². The topological polar surface area (TPSA) is 60.9 Å². The van der Waals surface area contributed by atoms with Crippen LogP contribution in [0.4, 0.5) is 5.69 Å². The van der Waals surface area contributed by atoms with E-state index >= 15 is 0 Å². The van der Waals surface area contributed by atoms with Gasteiger partial charge in [-0.05, 0) is 44.7 Å². The molecule has 0 spiro atoms. The summed E-state index contributed by atoms with van der Waals surface area (Å²) in [5, 5.41) is 0. The molecule has 2 aliphatic heterocycles. The van der Waals surface area contributed by atoms with E-state index < -0.39 is 10.0 Å². The predicted octanol–water partition coefficient (Wildman–Crippen LogP) is 2.18. The number of rotatable bonds is 5. The molecule has 1 unspecified atom stereocenters. The van der Waals surface area contributed by atoms with Crippen LogP contribution < -0.4 is 4.90 Å². The zero-order valence-electron chi connectivity index (χ0n) is 16.4. The molecule has 0 N–H and O–H groups in total. The van der Waals surface area contributed by atoms with Crippen molar-refractivity contribution in [1.82, 2.24) is 9.21 Å². The molecule has 0 radical (unpaired) electrons. The van der Waals surface area contributed by atoms with Crippen LogP contribution in [0.3, 0.4) is 0 Å². The molecule has 1 amide bonds. The average Bonchev–Trinajstić information content (AvgIpc) is 2.73. The highest BCUT2D eigenvalue weighted by Gasteiger charge is 2.34. The molecule has 0 bridgehead atoms. The number of carbonyl (C=O) groups is 1. The van der Waals surface area contributed by atoms with Gasteiger partial charge in [-0.25, -0.2) is 12.7 Å². The predicted molar refractivity (Wildman–Crippen MR) is 108 cm³/mol. The van der Waals surface area contributed by atoms with Gasteiger partial charge in [-0.1, -0.05) is 18.2 Å². The maximum atomic E-state index is 13.0. The van der Waals surface area contributed by atoms with Crippen molar-refractivity contribution >= 4 is 21.6 Å². The van der Waals surface area contributed by atoms with Gasteiger partial charge in [0, 0.05) is 50.9 Å². The second kappa shape index (κ2) is 8.61. The van der Waals surface area contributed by atoms with E-state index in [-0.39, 0.29) is 23.6 Å². The fraction of sp³-hybridized carbons (Fsp3) is 0.650. The van der Waals surface area contributed by atoms with Crippen molar-refractivity contribution in [2.24, 2.45) is 5.92 Å². The molecule has 2 aliphatic rings. The Bertz CT molecular complexity index is 730. The quantitative estimate of drug-likeness (QED) is 0.769. The fourth-order valence-electron chi connectivity index (χ4n) is 4.18. The summed E-state index contributed by atoms with van der Waals surface area (Å²) in [5.41, 5.74) is 1.21. The molecule has 1 aromatic carbocycles. The van der Waals surface area contributed by atoms with Gasteiger partial charge in [0.15, 0.2) is 0 Å². The Morgan fingerprint density at radius 3 is 2.41 bits per heavy atom. The number of para-hydroxylation sites is 1. The fourth-order valence-corrected chi connectivity index (χ4v) is 5.31. The van der Waals surface area contributed by atoms with Crippen molar-refractivity contribution in [1.29, 1.82) is 0 Å². The van der Waals surface area contributed by atoms with E-state index in [2.05, 4.69) is 17.0 Å². The van der Waals surface area contributed by atoms with Crippen LogP contribution in [0, 0.1) is 5.92 Å². The summed E-state index contributed by atoms with van der Waals surface area (Å²) >= 11 is 0. The number of piperidine rings is 2. The molecule has 2 heterocycles. The minimum Gasteiger partial charge on any atom is -0.369 e. The van der Waals surface area contributed by atoms with Crippen molar-refractivity contribution in [3.8, 4) is 0 Å². The van der Waals surface area contributed by atoms with Crippen molar-refractivity contribution in [3.63, 3.8) is 0 Å². The SMILES string of the molecule is CCS(=O)(=O)N1CCC(C(=O)N(C)C2CCCN(c3ccccc3)C2)CC1. The largest absolute Gasteiger partial charge is 0.369 e. The van der Waals surface area contributed by atoms with E-state index in [9.17, 15) is 13.2 Å². The number of benzene rings is 1. The van der Waals surface area contributed by atoms with Crippen LogP contribution in [0.5, 0.6) is 0 Å². The number of likely N-dealkylation sites (N-methyl/N-ethyl adjacent to an activating group) is 1. The monoisotopic (exact) mass is 393 g/mol. The molecule has 150 valence electrons. The Kier molecular flexibility index (Phi) is 6.42. The molecule has 7 heteroatoms. The number of anilines is 1. The molecule has 1 aromatic rings. The lowest BCUT2D eigenvalue weighted by Gasteiger charge is -2.40. The van der Waals surface area contributed by atoms with Crippen LogP contribution in [-0.2, 0) is 14.8 Å². The molecule has 6 nitrogen and oxygen atoms in total. The van der Waals surface area contributed by atoms with Gasteiger partial charge < -0.3 is 9.80 Å². The van der Waals surface area contributed by atoms with Crippen LogP contribution in [0.25, 0.3) is 0 Å². The highest BCUT2D eigenvalue weighted by molar-refractivity contribution is 7.89. The number of hydrogen-bond acceptors (Lipinski definition) is 4. The van der Waals surface area contributed by atoms with E-state index in [1.165, 1.54) is 9.99 Å². The van der Waals surface area contributed by atoms with E-state index in [4.69, 9.17) is 0 Å². The molecule has 3 rings (SSSR count). The van der Waals surface area contributed by atoms with Gasteiger partial charge in [0.1, 0.15) is 0 Å². The summed E-state index contributed by atoms with van der Waals surface area (Å²) < 4.78 is 25.6. The van der Waals surface area contributed by atoms with Crippen LogP contribution >= 0.6 is 0 Å². The zero-order valence-corrected chi connectivity index (χ0v) is 17.2. The highest BCUT2D eigenvalue weighted by Crippen LogP contribution is 2.26. The molecule has 0 saturated carbocycles. The number of carbonyl (C=O) groups excluding carboxylic acids is 1. The summed E-state index contributed by atoms with van der Waals surface area (Å²) in [6, 6.07) is 10.6. The van der Waals surface area contributed by atoms with Crippen LogP contribution in [0.1, 0.15) is 32.6 Å². The number of hydrogen-bond donors (Lipinski definition) is 0. The van der Waals surface area contributed by atoms with Gasteiger partial charge in [0.25, 0.3) is 0 Å². The first-order valence-corrected chi connectivity index (χ1v) is 11.6. The first-order chi connectivity index (χ1) is 12.9. The normalized spacial score (nSPS) is 22.6. The van der Waals surface area contributed by atoms with E-state index in [1.807, 2.05) is 30.1 Å². The maximum Gasteiger partial charge on any atom is 0.225 e. The van der Waals surface area contributed by atoms with Gasteiger partial charge >= 0.3 is 0 Å². The summed E-state index contributed by atoms with van der Waals surface area (Å²) in [5.74, 6) is 0.233. The number of amides is 1. The molecular formula is C20H31N3O3S. The molecule has 1 atom stereocenters. The number of nitrogens with zero attached hydrogens (tertiary/aromatic N) is 3. The van der Waals surface area contributed by atoms with Crippen molar-refractivity contribution in [2.45, 2.75) is 38.6 Å². The molecular weight excluding hydrogens is 362 g/mol. The molecule has 0 aromatic heterocycles. The molecule has 27 heavy (non-hydrogen) atoms. The van der Waals surface area contributed by atoms with Gasteiger partial charge in [0.2, 0.25) is 15.9 Å². The third-order valence-corrected chi connectivity index (χ3v) is 7.86. The molecule has 2 saturated heterocycles. The smallest absolute Gasteiger partial charge is 0.225 e. The first-order valence-electron chi connectivity index (χ1n) is 9.97. The summed E-state index contributed by atoms with van der Waals surface area (Å²) in [6.07, 6.45) is 3.34. The summed E-state index contributed by atoms with van der Waals surface area (Å²) in [7, 11) is -1.23. The van der Waals surface area contributed by atoms with Crippen molar-refractivity contribution in [2.75, 3.05) is 43.9 Å². The highest BCUT2D eigenvalue weighted by atomic mass is 32.2. The Labute approximate surface area is 163 Å². The number of sulfonamides is 1. The van der Waals surface area contributed by atoms with Crippen molar-refractivity contribution < 1.29 is 13.2 Å². The van der Waals surface area contributed by atoms with E-state index in [0.29, 0.717) is 25.9 Å². The Morgan fingerprint density at radius 2 is 1.78 bits per heavy atom. The molecule has 2 fully saturated rings. The maximum absolute atomic E-state index is 13.0. The van der Waals surface area contributed by atoms with Gasteiger partial charge in [-0.3, -0.25) is 4.79 Å². The lowest BCUT2D eigenvalue weighted by Crippen LogP contribution is -2.51. The van der Waals surface area contributed by atoms with Crippen molar-refractivity contribution in [3.05, 3.63) is 30.3 Å². The zero-order chi connectivity index (χ0) is 19.4. The van der Waals surface area contributed by atoms with E-state index in [1.54, 1.807) is 6.92 Å². The van der Waals surface area contributed by atoms with Crippen LogP contribution in [-0.4, -0.2) is 68.6 Å². The van der Waals surface area contributed by atoms with Gasteiger partial charge in [-0.15, -0.1) is 0 Å². The average molecular weight is 394 g/mol. The third-order valence-electron chi connectivity index (χ3n) is 5.97. The summed E-state index contributed by atoms with van der Waals surface area (Å²) in [6.45, 7) is 4.47. The Morgan fingerprint density at radius 1 is 1.11 bits per heavy atom. The lowest BCUT2D eigenvalue weighted by atomic mass is 9.95. The van der Waals surface area contributed by atoms with Gasteiger partial charge in [0.05, 0.1) is 5.75 Å². The lowest BCUT2D eigenvalue weighted by molar-refractivity contribution is -0.137. The van der Waals surface area contributed by atoms with Crippen LogP contribution in [0.2, 0.25) is 0 Å². The van der Waals surface area contributed by atoms with Crippen LogP contribution in [0.15, 0.2) is 30.3 Å². The minimum absolute atomic E-state index is 0.0644. The second-order valence-corrected chi connectivity index (χ2v) is 9.86. The van der Waals surface area contributed by atoms with Gasteiger partial charge in [-0.2, -0.15) is 0 Å². The summed E-state index contributed by atoms with van der Waals surface area (Å²) in [4.78, 5) is 17.3.